The summed E-state index contributed by atoms with van der Waals surface area (Å²) in [4.78, 5) is 68.3. The molecule has 0 bridgehead atoms. The molecule has 2 atom stereocenters. The van der Waals surface area contributed by atoms with Crippen molar-refractivity contribution in [3.05, 3.63) is 89.4 Å². The molecule has 61 heavy (non-hydrogen) atoms. The van der Waals surface area contributed by atoms with Crippen molar-refractivity contribution in [1.82, 2.24) is 43.8 Å². The number of aryl methyl sites for hydroxylation is 2. The standard InChI is InChI=1S/C44H49F2N11O4/c1-5-6-37(42(60)50-27-58)57-36-10-8-31(20-38(36)53(4)43(57)61)55-15-17-56(18-16-55)40-12-14-54(26-44(40,45)46)24-29-7-9-34(48-22-29)30-11-13-47-35(19-30)33-25-52(3)39-23-49-41(21-32(33)39)51-28(2)59/h7-11,13,19-23,25,27,37,40H,5-6,12,14-18,24,26H2,1-4H3,(H,49,51,59)(H,50,58,60). The van der Waals surface area contributed by atoms with Crippen LogP contribution in [0.25, 0.3) is 44.5 Å². The number of rotatable bonds is 12. The fourth-order valence-electron chi connectivity index (χ4n) is 8.94. The van der Waals surface area contributed by atoms with Crippen LogP contribution in [0.4, 0.5) is 20.3 Å². The van der Waals surface area contributed by atoms with Gasteiger partial charge in [0.15, 0.2) is 0 Å². The van der Waals surface area contributed by atoms with E-state index in [9.17, 15) is 19.2 Å². The first-order valence-corrected chi connectivity index (χ1v) is 20.5. The number of fused-ring (bicyclic) bond motifs is 2. The van der Waals surface area contributed by atoms with Crippen LogP contribution in [0.15, 0.2) is 78.1 Å². The number of nitrogens with zero attached hydrogens (tertiary/aromatic N) is 9. The minimum Gasteiger partial charge on any atom is -0.369 e. The lowest BCUT2D eigenvalue weighted by atomic mass is 9.97. The Bertz CT molecular complexity index is 2670. The number of hydrogen-bond donors (Lipinski definition) is 2. The number of piperidine rings is 1. The maximum atomic E-state index is 15.9. The minimum atomic E-state index is -2.91. The van der Waals surface area contributed by atoms with Gasteiger partial charge in [-0.3, -0.25) is 48.6 Å². The van der Waals surface area contributed by atoms with E-state index in [4.69, 9.17) is 4.98 Å². The van der Waals surface area contributed by atoms with Crippen molar-refractivity contribution in [2.45, 2.75) is 57.7 Å². The summed E-state index contributed by atoms with van der Waals surface area (Å²) in [5.74, 6) is -3.19. The third-order valence-corrected chi connectivity index (χ3v) is 12.0. The number of anilines is 2. The predicted molar refractivity (Wildman–Crippen MR) is 229 cm³/mol. The lowest BCUT2D eigenvalue weighted by molar-refractivity contribution is -0.129. The molecule has 8 rings (SSSR count). The zero-order valence-electron chi connectivity index (χ0n) is 34.6. The molecule has 2 fully saturated rings. The van der Waals surface area contributed by atoms with E-state index in [0.29, 0.717) is 81.8 Å². The second-order valence-corrected chi connectivity index (χ2v) is 16.0. The molecular weight excluding hydrogens is 785 g/mol. The van der Waals surface area contributed by atoms with Gasteiger partial charge in [-0.2, -0.15) is 0 Å². The number of halogens is 2. The summed E-state index contributed by atoms with van der Waals surface area (Å²) >= 11 is 0. The van der Waals surface area contributed by atoms with Crippen LogP contribution in [-0.4, -0.2) is 108 Å². The van der Waals surface area contributed by atoms with E-state index >= 15 is 8.78 Å². The summed E-state index contributed by atoms with van der Waals surface area (Å²) < 4.78 is 36.8. The van der Waals surface area contributed by atoms with Gasteiger partial charge in [-0.1, -0.05) is 19.4 Å². The van der Waals surface area contributed by atoms with Gasteiger partial charge >= 0.3 is 5.69 Å². The number of imidazole rings is 1. The van der Waals surface area contributed by atoms with E-state index in [0.717, 1.165) is 44.7 Å². The van der Waals surface area contributed by atoms with Gasteiger partial charge in [-0.15, -0.1) is 0 Å². The Morgan fingerprint density at radius 2 is 1.74 bits per heavy atom. The molecule has 2 aliphatic heterocycles. The van der Waals surface area contributed by atoms with E-state index < -0.39 is 23.9 Å². The molecule has 17 heteroatoms. The molecule has 15 nitrogen and oxygen atoms in total. The summed E-state index contributed by atoms with van der Waals surface area (Å²) in [5, 5.41) is 5.83. The van der Waals surface area contributed by atoms with Crippen molar-refractivity contribution >= 4 is 51.7 Å². The first-order chi connectivity index (χ1) is 29.3. The Hall–Kier alpha value is -6.33. The van der Waals surface area contributed by atoms with Crippen LogP contribution in [0.2, 0.25) is 0 Å². The smallest absolute Gasteiger partial charge is 0.329 e. The molecule has 6 aromatic rings. The Morgan fingerprint density at radius 1 is 0.934 bits per heavy atom. The van der Waals surface area contributed by atoms with Crippen molar-refractivity contribution in [3.8, 4) is 22.5 Å². The van der Waals surface area contributed by atoms with Gasteiger partial charge < -0.3 is 14.8 Å². The Morgan fingerprint density at radius 3 is 2.44 bits per heavy atom. The lowest BCUT2D eigenvalue weighted by Gasteiger charge is -2.46. The second-order valence-electron chi connectivity index (χ2n) is 16.0. The molecule has 0 spiro atoms. The average Bonchev–Trinajstić information content (AvgIpc) is 3.70. The molecule has 0 saturated carbocycles. The molecule has 0 aliphatic carbocycles. The highest BCUT2D eigenvalue weighted by Crippen LogP contribution is 2.35. The van der Waals surface area contributed by atoms with E-state index in [2.05, 4.69) is 25.5 Å². The Kier molecular flexibility index (Phi) is 11.5. The third kappa shape index (κ3) is 8.26. The first-order valence-electron chi connectivity index (χ1n) is 20.5. The number of likely N-dealkylation sites (tertiary alicyclic amines) is 1. The maximum absolute atomic E-state index is 15.9. The van der Waals surface area contributed by atoms with Crippen LogP contribution in [-0.2, 0) is 35.0 Å². The number of carbonyl (C=O) groups excluding carboxylic acids is 3. The van der Waals surface area contributed by atoms with Crippen LogP contribution in [0, 0.1) is 0 Å². The van der Waals surface area contributed by atoms with Crippen LogP contribution < -0.4 is 21.2 Å². The van der Waals surface area contributed by atoms with Gasteiger partial charge in [-0.25, -0.2) is 18.6 Å². The highest BCUT2D eigenvalue weighted by Gasteiger charge is 2.47. The van der Waals surface area contributed by atoms with E-state index in [-0.39, 0.29) is 18.1 Å². The van der Waals surface area contributed by atoms with E-state index in [1.54, 1.807) is 30.5 Å². The summed E-state index contributed by atoms with van der Waals surface area (Å²) in [7, 11) is 3.58. The molecular formula is C44H49F2N11O4. The predicted octanol–water partition coefficient (Wildman–Crippen LogP) is 4.95. The van der Waals surface area contributed by atoms with Crippen LogP contribution in [0.1, 0.15) is 44.7 Å². The van der Waals surface area contributed by atoms with Crippen molar-refractivity contribution < 1.29 is 23.2 Å². The molecule has 0 radical (unpaired) electrons. The number of amides is 3. The zero-order chi connectivity index (χ0) is 43.0. The molecule has 2 aliphatic rings. The second kappa shape index (κ2) is 17.0. The van der Waals surface area contributed by atoms with Crippen molar-refractivity contribution in [2.24, 2.45) is 14.1 Å². The molecule has 1 aromatic carbocycles. The monoisotopic (exact) mass is 833 g/mol. The molecule has 318 valence electrons. The highest BCUT2D eigenvalue weighted by atomic mass is 19.3. The van der Waals surface area contributed by atoms with E-state index in [1.807, 2.05) is 78.2 Å². The Labute approximate surface area is 351 Å². The number of hydrogen-bond acceptors (Lipinski definition) is 10. The lowest BCUT2D eigenvalue weighted by Crippen LogP contribution is -2.61. The number of carbonyl (C=O) groups is 3. The van der Waals surface area contributed by atoms with Gasteiger partial charge in [0.25, 0.3) is 5.92 Å². The van der Waals surface area contributed by atoms with Gasteiger partial charge in [0.1, 0.15) is 11.9 Å². The van der Waals surface area contributed by atoms with Gasteiger partial charge in [0.05, 0.1) is 46.7 Å². The summed E-state index contributed by atoms with van der Waals surface area (Å²) in [6.45, 7) is 5.94. The fraction of sp³-hybridized carbons (Fsp3) is 0.386. The molecule has 3 amide bonds. The van der Waals surface area contributed by atoms with Gasteiger partial charge in [0.2, 0.25) is 18.2 Å². The third-order valence-electron chi connectivity index (χ3n) is 12.0. The minimum absolute atomic E-state index is 0.204. The van der Waals surface area contributed by atoms with Crippen LogP contribution in [0.3, 0.4) is 0 Å². The quantitative estimate of drug-likeness (QED) is 0.162. The van der Waals surface area contributed by atoms with Gasteiger partial charge in [0, 0.05) is 101 Å². The van der Waals surface area contributed by atoms with Crippen molar-refractivity contribution in [3.63, 3.8) is 0 Å². The molecule has 5 aromatic heterocycles. The number of nitrogens with one attached hydrogen (secondary N) is 2. The Balaban J connectivity index is 0.888. The zero-order valence-corrected chi connectivity index (χ0v) is 34.6. The van der Waals surface area contributed by atoms with Crippen molar-refractivity contribution in [1.29, 1.82) is 0 Å². The number of benzene rings is 1. The number of aromatic nitrogens is 6. The summed E-state index contributed by atoms with van der Waals surface area (Å²) in [5.41, 5.74) is 6.73. The largest absolute Gasteiger partial charge is 0.369 e. The normalized spacial score (nSPS) is 17.7. The molecule has 7 heterocycles. The van der Waals surface area contributed by atoms with E-state index in [1.165, 1.54) is 16.1 Å². The summed E-state index contributed by atoms with van der Waals surface area (Å²) in [6, 6.07) is 13.5. The van der Waals surface area contributed by atoms with Crippen LogP contribution in [0.5, 0.6) is 0 Å². The summed E-state index contributed by atoms with van der Waals surface area (Å²) in [6.07, 6.45) is 8.88. The molecule has 2 N–H and O–H groups in total. The fourth-order valence-corrected chi connectivity index (χ4v) is 8.94. The molecule has 2 unspecified atom stereocenters. The topological polar surface area (TPSA) is 156 Å². The SMILES string of the molecule is CCCC(C(=O)NC=O)n1c(=O)n(C)c2cc(N3CCN(C4CCN(Cc5ccc(-c6ccnc(-c7cn(C)c8cnc(NC(C)=O)cc78)c6)nc5)CC4(F)F)CC3)ccc21. The number of piperazine rings is 1. The maximum Gasteiger partial charge on any atom is 0.329 e. The first kappa shape index (κ1) is 41.4. The number of pyridine rings is 3. The van der Waals surface area contributed by atoms with Crippen LogP contribution >= 0.6 is 0 Å². The van der Waals surface area contributed by atoms with Gasteiger partial charge in [-0.05, 0) is 60.9 Å². The highest BCUT2D eigenvalue weighted by molar-refractivity contribution is 5.98. The number of alkyl halides is 2. The number of imide groups is 1. The van der Waals surface area contributed by atoms with Crippen molar-refractivity contribution in [2.75, 3.05) is 49.5 Å². The molecule has 2 saturated heterocycles. The average molecular weight is 834 g/mol.